The largest absolute Gasteiger partial charge is 0.311 e. The third-order valence-electron chi connectivity index (χ3n) is 4.47. The fraction of sp³-hybridized carbons (Fsp3) is 0.667. The minimum atomic E-state index is 0.649. The van der Waals surface area contributed by atoms with Gasteiger partial charge in [0.15, 0.2) is 0 Å². The summed E-state index contributed by atoms with van der Waals surface area (Å²) < 4.78 is 0. The summed E-state index contributed by atoms with van der Waals surface area (Å²) >= 11 is 0. The summed E-state index contributed by atoms with van der Waals surface area (Å²) in [4.78, 5) is 2.68. The molecule has 2 heteroatoms. The Bertz CT molecular complexity index is 419. The molecule has 1 heterocycles. The fourth-order valence-electron chi connectivity index (χ4n) is 3.41. The second-order valence-corrected chi connectivity index (χ2v) is 6.75. The third-order valence-corrected chi connectivity index (χ3v) is 4.47. The average molecular weight is 274 g/mol. The second-order valence-electron chi connectivity index (χ2n) is 6.75. The van der Waals surface area contributed by atoms with E-state index in [9.17, 15) is 0 Å². The van der Waals surface area contributed by atoms with Crippen LogP contribution in [0.15, 0.2) is 18.2 Å². The van der Waals surface area contributed by atoms with Crippen molar-refractivity contribution in [3.05, 3.63) is 34.9 Å². The van der Waals surface area contributed by atoms with E-state index in [1.807, 2.05) is 0 Å². The van der Waals surface area contributed by atoms with E-state index in [4.69, 9.17) is 0 Å². The molecule has 2 unspecified atom stereocenters. The van der Waals surface area contributed by atoms with Crippen molar-refractivity contribution in [2.75, 3.05) is 13.1 Å². The predicted octanol–water partition coefficient (Wildman–Crippen LogP) is 3.51. The molecule has 0 saturated carbocycles. The standard InChI is InChI=1S/C18H30N2/c1-6-17-12-20(18(10-19-17)13(2)3)11-16-8-14(4)7-15(5)9-16/h7-9,13,17-19H,6,10-12H2,1-5H3. The summed E-state index contributed by atoms with van der Waals surface area (Å²) in [5, 5.41) is 3.70. The van der Waals surface area contributed by atoms with E-state index in [1.54, 1.807) is 0 Å². The Morgan fingerprint density at radius 2 is 1.85 bits per heavy atom. The van der Waals surface area contributed by atoms with Gasteiger partial charge in [0.05, 0.1) is 0 Å². The smallest absolute Gasteiger partial charge is 0.0247 e. The van der Waals surface area contributed by atoms with Crippen molar-refractivity contribution < 1.29 is 0 Å². The van der Waals surface area contributed by atoms with Gasteiger partial charge in [0.1, 0.15) is 0 Å². The number of piperazine rings is 1. The van der Waals surface area contributed by atoms with Gasteiger partial charge in [-0.25, -0.2) is 0 Å². The number of hydrogen-bond acceptors (Lipinski definition) is 2. The predicted molar refractivity (Wildman–Crippen MR) is 87.0 cm³/mol. The van der Waals surface area contributed by atoms with Gasteiger partial charge in [0.25, 0.3) is 0 Å². The molecular formula is C18H30N2. The van der Waals surface area contributed by atoms with Crippen LogP contribution in [-0.4, -0.2) is 30.1 Å². The van der Waals surface area contributed by atoms with Crippen LogP contribution in [0.25, 0.3) is 0 Å². The molecule has 2 rings (SSSR count). The molecule has 1 N–H and O–H groups in total. The van der Waals surface area contributed by atoms with Gasteiger partial charge >= 0.3 is 0 Å². The molecule has 0 aliphatic carbocycles. The monoisotopic (exact) mass is 274 g/mol. The maximum Gasteiger partial charge on any atom is 0.0247 e. The Morgan fingerprint density at radius 3 is 2.40 bits per heavy atom. The molecule has 2 atom stereocenters. The third kappa shape index (κ3) is 3.83. The molecule has 20 heavy (non-hydrogen) atoms. The zero-order valence-corrected chi connectivity index (χ0v) is 13.7. The lowest BCUT2D eigenvalue weighted by Crippen LogP contribution is -2.57. The Hall–Kier alpha value is -0.860. The number of nitrogens with one attached hydrogen (secondary N) is 1. The number of rotatable bonds is 4. The Balaban J connectivity index is 2.13. The molecule has 1 aliphatic heterocycles. The van der Waals surface area contributed by atoms with Crippen molar-refractivity contribution in [3.63, 3.8) is 0 Å². The van der Waals surface area contributed by atoms with Gasteiger partial charge in [-0.2, -0.15) is 0 Å². The Kier molecular flexibility index (Phi) is 5.22. The van der Waals surface area contributed by atoms with E-state index in [0.29, 0.717) is 18.0 Å². The van der Waals surface area contributed by atoms with E-state index in [-0.39, 0.29) is 0 Å². The van der Waals surface area contributed by atoms with Crippen molar-refractivity contribution >= 4 is 0 Å². The first-order chi connectivity index (χ1) is 9.49. The van der Waals surface area contributed by atoms with Crippen LogP contribution in [0.5, 0.6) is 0 Å². The van der Waals surface area contributed by atoms with Gasteiger partial charge < -0.3 is 5.32 Å². The molecule has 2 nitrogen and oxygen atoms in total. The van der Waals surface area contributed by atoms with Crippen molar-refractivity contribution in [1.82, 2.24) is 10.2 Å². The van der Waals surface area contributed by atoms with E-state index >= 15 is 0 Å². The van der Waals surface area contributed by atoms with Gasteiger partial charge in [-0.3, -0.25) is 4.90 Å². The molecule has 0 spiro atoms. The molecule has 0 bridgehead atoms. The van der Waals surface area contributed by atoms with E-state index in [2.05, 4.69) is 63.0 Å². The number of hydrogen-bond donors (Lipinski definition) is 1. The molecular weight excluding hydrogens is 244 g/mol. The molecule has 0 aromatic heterocycles. The molecule has 1 aliphatic rings. The van der Waals surface area contributed by atoms with E-state index < -0.39 is 0 Å². The minimum Gasteiger partial charge on any atom is -0.311 e. The van der Waals surface area contributed by atoms with Crippen LogP contribution in [0.3, 0.4) is 0 Å². The maximum absolute atomic E-state index is 3.70. The summed E-state index contributed by atoms with van der Waals surface area (Å²) in [6.07, 6.45) is 1.22. The zero-order chi connectivity index (χ0) is 14.7. The highest BCUT2D eigenvalue weighted by Gasteiger charge is 2.28. The van der Waals surface area contributed by atoms with Crippen molar-refractivity contribution in [1.29, 1.82) is 0 Å². The van der Waals surface area contributed by atoms with Crippen molar-refractivity contribution in [2.45, 2.75) is 59.7 Å². The van der Waals surface area contributed by atoms with Crippen LogP contribution in [0.1, 0.15) is 43.9 Å². The lowest BCUT2D eigenvalue weighted by atomic mass is 9.96. The number of aryl methyl sites for hydroxylation is 2. The lowest BCUT2D eigenvalue weighted by Gasteiger charge is -2.42. The van der Waals surface area contributed by atoms with Crippen LogP contribution in [-0.2, 0) is 6.54 Å². The quantitative estimate of drug-likeness (QED) is 0.904. The summed E-state index contributed by atoms with van der Waals surface area (Å²) in [5.41, 5.74) is 4.22. The van der Waals surface area contributed by atoms with Crippen LogP contribution in [0.4, 0.5) is 0 Å². The first-order valence-corrected chi connectivity index (χ1v) is 8.04. The van der Waals surface area contributed by atoms with Gasteiger partial charge in [-0.1, -0.05) is 50.1 Å². The van der Waals surface area contributed by atoms with Crippen molar-refractivity contribution in [3.8, 4) is 0 Å². The van der Waals surface area contributed by atoms with Gasteiger partial charge in [-0.15, -0.1) is 0 Å². The topological polar surface area (TPSA) is 15.3 Å². The molecule has 1 aromatic carbocycles. The van der Waals surface area contributed by atoms with Gasteiger partial charge in [-0.05, 0) is 31.7 Å². The SMILES string of the molecule is CCC1CN(Cc2cc(C)cc(C)c2)C(C(C)C)CN1. The maximum atomic E-state index is 3.70. The highest BCUT2D eigenvalue weighted by atomic mass is 15.2. The first-order valence-electron chi connectivity index (χ1n) is 8.04. The first kappa shape index (κ1) is 15.5. The average Bonchev–Trinajstić information content (AvgIpc) is 2.37. The van der Waals surface area contributed by atoms with Crippen LogP contribution < -0.4 is 5.32 Å². The summed E-state index contributed by atoms with van der Waals surface area (Å²) in [6, 6.07) is 8.24. The zero-order valence-electron chi connectivity index (χ0n) is 13.7. The fourth-order valence-corrected chi connectivity index (χ4v) is 3.41. The molecule has 112 valence electrons. The molecule has 1 saturated heterocycles. The Morgan fingerprint density at radius 1 is 1.20 bits per heavy atom. The molecule has 0 amide bonds. The van der Waals surface area contributed by atoms with E-state index in [0.717, 1.165) is 13.1 Å². The summed E-state index contributed by atoms with van der Waals surface area (Å²) in [7, 11) is 0. The number of nitrogens with zero attached hydrogens (tertiary/aromatic N) is 1. The van der Waals surface area contributed by atoms with E-state index in [1.165, 1.54) is 29.7 Å². The normalized spacial score (nSPS) is 24.3. The Labute approximate surface area is 124 Å². The highest BCUT2D eigenvalue weighted by Crippen LogP contribution is 2.20. The van der Waals surface area contributed by atoms with Crippen LogP contribution in [0.2, 0.25) is 0 Å². The van der Waals surface area contributed by atoms with Gasteiger partial charge in [0, 0.05) is 31.7 Å². The second kappa shape index (κ2) is 6.73. The lowest BCUT2D eigenvalue weighted by molar-refractivity contribution is 0.0900. The van der Waals surface area contributed by atoms with Crippen LogP contribution >= 0.6 is 0 Å². The summed E-state index contributed by atoms with van der Waals surface area (Å²) in [5.74, 6) is 0.700. The minimum absolute atomic E-state index is 0.649. The van der Waals surface area contributed by atoms with Crippen LogP contribution in [0, 0.1) is 19.8 Å². The summed E-state index contributed by atoms with van der Waals surface area (Å²) in [6.45, 7) is 14.7. The van der Waals surface area contributed by atoms with Crippen molar-refractivity contribution in [2.24, 2.45) is 5.92 Å². The molecule has 1 aromatic rings. The van der Waals surface area contributed by atoms with Gasteiger partial charge in [0.2, 0.25) is 0 Å². The molecule has 0 radical (unpaired) electrons. The number of benzene rings is 1. The molecule has 1 fully saturated rings. The highest BCUT2D eigenvalue weighted by molar-refractivity contribution is 5.28.